The van der Waals surface area contributed by atoms with Crippen molar-refractivity contribution in [2.45, 2.75) is 19.3 Å². The third kappa shape index (κ3) is 4.02. The zero-order valence-corrected chi connectivity index (χ0v) is 12.9. The number of hydrogen-bond acceptors (Lipinski definition) is 4. The summed E-state index contributed by atoms with van der Waals surface area (Å²) in [6.07, 6.45) is 3.11. The third-order valence-corrected chi connectivity index (χ3v) is 4.14. The van der Waals surface area contributed by atoms with E-state index < -0.39 is 5.97 Å². The summed E-state index contributed by atoms with van der Waals surface area (Å²) in [7, 11) is 0. The molecule has 5 nitrogen and oxygen atoms in total. The molecule has 1 aromatic carbocycles. The SMILES string of the molecule is Nc1cc(C(=O)OCC(=O)N2CCCCC2)cc(Cl)c1Cl. The van der Waals surface area contributed by atoms with E-state index in [-0.39, 0.29) is 33.8 Å². The van der Waals surface area contributed by atoms with E-state index in [1.54, 1.807) is 4.90 Å². The summed E-state index contributed by atoms with van der Waals surface area (Å²) in [5.74, 6) is -0.832. The lowest BCUT2D eigenvalue weighted by Gasteiger charge is -2.26. The average molecular weight is 331 g/mol. The second-order valence-electron chi connectivity index (χ2n) is 4.88. The summed E-state index contributed by atoms with van der Waals surface area (Å²) >= 11 is 11.7. The summed E-state index contributed by atoms with van der Waals surface area (Å²) in [6.45, 7) is 1.16. The fourth-order valence-electron chi connectivity index (χ4n) is 2.17. The molecular weight excluding hydrogens is 315 g/mol. The topological polar surface area (TPSA) is 72.6 Å². The number of nitrogens with two attached hydrogens (primary N) is 1. The fraction of sp³-hybridized carbons (Fsp3) is 0.429. The summed E-state index contributed by atoms with van der Waals surface area (Å²) in [5, 5.41) is 0.364. The van der Waals surface area contributed by atoms with Crippen LogP contribution in [0.3, 0.4) is 0 Å². The molecule has 0 atom stereocenters. The smallest absolute Gasteiger partial charge is 0.338 e. The summed E-state index contributed by atoms with van der Waals surface area (Å²) in [4.78, 5) is 25.5. The molecule has 1 heterocycles. The molecule has 0 spiro atoms. The van der Waals surface area contributed by atoms with Crippen molar-refractivity contribution < 1.29 is 14.3 Å². The molecule has 2 rings (SSSR count). The number of nitrogen functional groups attached to an aromatic ring is 1. The van der Waals surface area contributed by atoms with Gasteiger partial charge in [0.15, 0.2) is 6.61 Å². The highest BCUT2D eigenvalue weighted by Gasteiger charge is 2.19. The minimum atomic E-state index is -0.648. The Kier molecular flexibility index (Phi) is 5.31. The van der Waals surface area contributed by atoms with Crippen LogP contribution < -0.4 is 5.73 Å². The summed E-state index contributed by atoms with van der Waals surface area (Å²) < 4.78 is 5.01. The van der Waals surface area contributed by atoms with Gasteiger partial charge in [0.25, 0.3) is 5.91 Å². The van der Waals surface area contributed by atoms with Crippen LogP contribution in [-0.2, 0) is 9.53 Å². The highest BCUT2D eigenvalue weighted by atomic mass is 35.5. The lowest BCUT2D eigenvalue weighted by molar-refractivity contribution is -0.135. The largest absolute Gasteiger partial charge is 0.452 e. The highest BCUT2D eigenvalue weighted by Crippen LogP contribution is 2.29. The van der Waals surface area contributed by atoms with Gasteiger partial charge in [0, 0.05) is 13.1 Å². The molecule has 0 bridgehead atoms. The average Bonchev–Trinajstić information content (AvgIpc) is 2.50. The number of likely N-dealkylation sites (tertiary alicyclic amines) is 1. The molecule has 1 fully saturated rings. The van der Waals surface area contributed by atoms with Gasteiger partial charge in [0.2, 0.25) is 0 Å². The van der Waals surface area contributed by atoms with E-state index in [9.17, 15) is 9.59 Å². The first-order chi connectivity index (χ1) is 9.99. The number of halogens is 2. The van der Waals surface area contributed by atoms with E-state index in [1.807, 2.05) is 0 Å². The zero-order valence-electron chi connectivity index (χ0n) is 11.4. The predicted octanol–water partition coefficient (Wildman–Crippen LogP) is 2.74. The molecule has 0 radical (unpaired) electrons. The normalized spacial score (nSPS) is 14.9. The Morgan fingerprint density at radius 3 is 2.48 bits per heavy atom. The maximum Gasteiger partial charge on any atom is 0.338 e. The van der Waals surface area contributed by atoms with E-state index in [1.165, 1.54) is 12.1 Å². The molecule has 114 valence electrons. The number of amides is 1. The summed E-state index contributed by atoms with van der Waals surface area (Å²) in [5.41, 5.74) is 6.00. The first-order valence-electron chi connectivity index (χ1n) is 6.68. The fourth-order valence-corrected chi connectivity index (χ4v) is 2.51. The first-order valence-corrected chi connectivity index (χ1v) is 7.44. The van der Waals surface area contributed by atoms with Crippen molar-refractivity contribution in [3.63, 3.8) is 0 Å². The van der Waals surface area contributed by atoms with Crippen LogP contribution in [0.15, 0.2) is 12.1 Å². The second kappa shape index (κ2) is 7.00. The Bertz CT molecular complexity index is 534. The van der Waals surface area contributed by atoms with Crippen molar-refractivity contribution in [3.8, 4) is 0 Å². The van der Waals surface area contributed by atoms with E-state index in [0.29, 0.717) is 0 Å². The van der Waals surface area contributed by atoms with Gasteiger partial charge in [-0.3, -0.25) is 4.79 Å². The zero-order chi connectivity index (χ0) is 15.4. The number of anilines is 1. The molecule has 1 aromatic rings. The molecule has 21 heavy (non-hydrogen) atoms. The van der Waals surface area contributed by atoms with Gasteiger partial charge in [0.05, 0.1) is 21.3 Å². The minimum Gasteiger partial charge on any atom is -0.452 e. The van der Waals surface area contributed by atoms with Crippen molar-refractivity contribution in [2.24, 2.45) is 0 Å². The van der Waals surface area contributed by atoms with Crippen molar-refractivity contribution in [3.05, 3.63) is 27.7 Å². The van der Waals surface area contributed by atoms with Gasteiger partial charge >= 0.3 is 5.97 Å². The second-order valence-corrected chi connectivity index (χ2v) is 5.66. The Labute approximate surface area is 132 Å². The molecule has 7 heteroatoms. The maximum absolute atomic E-state index is 11.9. The Morgan fingerprint density at radius 2 is 1.86 bits per heavy atom. The molecule has 1 aliphatic rings. The quantitative estimate of drug-likeness (QED) is 0.683. The van der Waals surface area contributed by atoms with Crippen molar-refractivity contribution in [1.82, 2.24) is 4.90 Å². The van der Waals surface area contributed by atoms with Crippen LogP contribution in [0.1, 0.15) is 29.6 Å². The van der Waals surface area contributed by atoms with Gasteiger partial charge in [-0.2, -0.15) is 0 Å². The molecule has 1 aliphatic heterocycles. The lowest BCUT2D eigenvalue weighted by Crippen LogP contribution is -2.38. The molecule has 1 saturated heterocycles. The summed E-state index contributed by atoms with van der Waals surface area (Å²) in [6, 6.07) is 2.75. The number of piperidine rings is 1. The van der Waals surface area contributed by atoms with E-state index >= 15 is 0 Å². The van der Waals surface area contributed by atoms with Gasteiger partial charge in [-0.25, -0.2) is 4.79 Å². The number of ether oxygens (including phenoxy) is 1. The van der Waals surface area contributed by atoms with Crippen molar-refractivity contribution in [1.29, 1.82) is 0 Å². The van der Waals surface area contributed by atoms with E-state index in [2.05, 4.69) is 0 Å². The van der Waals surface area contributed by atoms with Crippen LogP contribution in [-0.4, -0.2) is 36.5 Å². The molecule has 0 aromatic heterocycles. The Hall–Kier alpha value is -1.46. The van der Waals surface area contributed by atoms with Crippen LogP contribution in [0.2, 0.25) is 10.0 Å². The molecule has 1 amide bonds. The van der Waals surface area contributed by atoms with Crippen LogP contribution >= 0.6 is 23.2 Å². The maximum atomic E-state index is 11.9. The van der Waals surface area contributed by atoms with E-state index in [4.69, 9.17) is 33.7 Å². The van der Waals surface area contributed by atoms with E-state index in [0.717, 1.165) is 32.4 Å². The van der Waals surface area contributed by atoms with Crippen LogP contribution in [0.4, 0.5) is 5.69 Å². The molecule has 2 N–H and O–H groups in total. The van der Waals surface area contributed by atoms with Crippen molar-refractivity contribution in [2.75, 3.05) is 25.4 Å². The molecular formula is C14H16Cl2N2O3. The standard InChI is InChI=1S/C14H16Cl2N2O3/c15-10-6-9(7-11(17)13(10)16)14(20)21-8-12(19)18-4-2-1-3-5-18/h6-7H,1-5,8,17H2. The number of benzene rings is 1. The van der Waals surface area contributed by atoms with Gasteiger partial charge in [-0.15, -0.1) is 0 Å². The van der Waals surface area contributed by atoms with Gasteiger partial charge in [-0.05, 0) is 31.4 Å². The van der Waals surface area contributed by atoms with Crippen molar-refractivity contribution >= 4 is 40.8 Å². The molecule has 0 unspecified atom stereocenters. The Balaban J connectivity index is 1.94. The predicted molar refractivity (Wildman–Crippen MR) is 81.6 cm³/mol. The number of rotatable bonds is 3. The monoisotopic (exact) mass is 330 g/mol. The van der Waals surface area contributed by atoms with Gasteiger partial charge in [0.1, 0.15) is 0 Å². The Morgan fingerprint density at radius 1 is 1.19 bits per heavy atom. The number of nitrogens with zero attached hydrogens (tertiary/aromatic N) is 1. The number of carbonyl (C=O) groups excluding carboxylic acids is 2. The van der Waals surface area contributed by atoms with Crippen LogP contribution in [0.25, 0.3) is 0 Å². The minimum absolute atomic E-state index is 0.172. The third-order valence-electron chi connectivity index (χ3n) is 3.33. The first kappa shape index (κ1) is 15.9. The van der Waals surface area contributed by atoms with Crippen LogP contribution in [0.5, 0.6) is 0 Å². The number of carbonyl (C=O) groups is 2. The lowest BCUT2D eigenvalue weighted by atomic mass is 10.1. The number of esters is 1. The van der Waals surface area contributed by atoms with Gasteiger partial charge < -0.3 is 15.4 Å². The number of hydrogen-bond donors (Lipinski definition) is 1. The molecule has 0 saturated carbocycles. The van der Waals surface area contributed by atoms with Crippen LogP contribution in [0, 0.1) is 0 Å². The molecule has 0 aliphatic carbocycles. The van der Waals surface area contributed by atoms with Gasteiger partial charge in [-0.1, -0.05) is 23.2 Å². The highest BCUT2D eigenvalue weighted by molar-refractivity contribution is 6.43.